The first-order chi connectivity index (χ1) is 21.6. The average molecular weight is 656 g/mol. The molecule has 12 nitrogen and oxygen atoms in total. The molecule has 1 aromatic carbocycles. The van der Waals surface area contributed by atoms with Crippen LogP contribution in [-0.4, -0.2) is 76.1 Å². The van der Waals surface area contributed by atoms with Crippen molar-refractivity contribution in [2.24, 2.45) is 11.5 Å². The van der Waals surface area contributed by atoms with E-state index in [4.69, 9.17) is 23.1 Å². The molecule has 0 saturated heterocycles. The van der Waals surface area contributed by atoms with Crippen LogP contribution in [0.5, 0.6) is 0 Å². The Morgan fingerprint density at radius 3 is 2.53 bits per heavy atom. The fourth-order valence-electron chi connectivity index (χ4n) is 5.47. The predicted molar refractivity (Wildman–Crippen MR) is 175 cm³/mol. The van der Waals surface area contributed by atoms with Crippen molar-refractivity contribution >= 4 is 41.1 Å². The van der Waals surface area contributed by atoms with Crippen molar-refractivity contribution in [2.75, 3.05) is 20.1 Å². The summed E-state index contributed by atoms with van der Waals surface area (Å²) in [5.74, 6) is -1.16. The number of H-pyrrole nitrogens is 1. The molecule has 1 aliphatic heterocycles. The number of amides is 3. The molecule has 4 rings (SSSR count). The van der Waals surface area contributed by atoms with Gasteiger partial charge in [0, 0.05) is 49.0 Å². The van der Waals surface area contributed by atoms with Gasteiger partial charge in [-0.25, -0.2) is 4.98 Å². The summed E-state index contributed by atoms with van der Waals surface area (Å²) in [5.41, 5.74) is 16.9. The summed E-state index contributed by atoms with van der Waals surface area (Å²) < 4.78 is 0. The molecule has 1 aliphatic rings. The number of benzene rings is 1. The second-order valence-corrected chi connectivity index (χ2v) is 12.5. The van der Waals surface area contributed by atoms with Crippen LogP contribution in [0.4, 0.5) is 0 Å². The normalized spacial score (nSPS) is 20.2. The summed E-state index contributed by atoms with van der Waals surface area (Å²) in [7, 11) is 1.55. The first-order valence-electron chi connectivity index (χ1n) is 15.0. The lowest BCUT2D eigenvalue weighted by Gasteiger charge is -2.30. The molecule has 0 spiro atoms. The van der Waals surface area contributed by atoms with Crippen LogP contribution in [0.15, 0.2) is 40.4 Å². The third kappa shape index (κ3) is 8.03. The smallest absolute Gasteiger partial charge is 0.246 e. The van der Waals surface area contributed by atoms with Crippen molar-refractivity contribution in [3.63, 3.8) is 0 Å². The zero-order valence-corrected chi connectivity index (χ0v) is 27.6. The highest BCUT2D eigenvalue weighted by molar-refractivity contribution is 7.99. The third-order valence-corrected chi connectivity index (χ3v) is 9.60. The fraction of sp³-hybridized carbons (Fsp3) is 0.452. The monoisotopic (exact) mass is 655 g/mol. The van der Waals surface area contributed by atoms with Crippen molar-refractivity contribution in [3.05, 3.63) is 58.0 Å². The minimum absolute atomic E-state index is 0.124. The van der Waals surface area contributed by atoms with Gasteiger partial charge in [0.05, 0.1) is 16.8 Å². The van der Waals surface area contributed by atoms with Gasteiger partial charge in [0.2, 0.25) is 17.7 Å². The van der Waals surface area contributed by atoms with E-state index < -0.39 is 24.0 Å². The maximum absolute atomic E-state index is 13.6. The van der Waals surface area contributed by atoms with Gasteiger partial charge in [-0.2, -0.15) is 5.10 Å². The van der Waals surface area contributed by atoms with Crippen molar-refractivity contribution in [3.8, 4) is 11.1 Å². The lowest BCUT2D eigenvalue weighted by atomic mass is 10.0. The van der Waals surface area contributed by atoms with Crippen molar-refractivity contribution in [1.82, 2.24) is 36.0 Å². The lowest BCUT2D eigenvalue weighted by Crippen LogP contribution is -2.58. The van der Waals surface area contributed by atoms with Gasteiger partial charge in [0.1, 0.15) is 17.1 Å². The second-order valence-electron chi connectivity index (χ2n) is 11.1. The Hall–Kier alpha value is -3.49. The number of rotatable bonds is 6. The van der Waals surface area contributed by atoms with Crippen molar-refractivity contribution in [1.29, 1.82) is 0 Å². The van der Waals surface area contributed by atoms with E-state index in [-0.39, 0.29) is 24.9 Å². The largest absolute Gasteiger partial charge is 0.350 e. The molecule has 45 heavy (non-hydrogen) atoms. The van der Waals surface area contributed by atoms with E-state index in [0.29, 0.717) is 42.4 Å². The number of carbonyl (C=O) groups is 3. The number of fused-ring (bicyclic) bond motifs is 2. The van der Waals surface area contributed by atoms with Gasteiger partial charge in [0.15, 0.2) is 0 Å². The molecular weight excluding hydrogens is 614 g/mol. The standard InChI is InChI=1S/C31H42ClN9O3S/c1-5-25-29(43)37-16-21-12-20(26-17(2)39-40-18(26)3)13-22(32)27(21)45-30-19(8-7-11-35-30)15-36-23(9-6-10-33)28(42)38-24(14-34)31(44)41(25)4/h7-8,11-13,23-25,36H,5-6,9-10,14-16,33-34H2,1-4H3,(H,37,43)(H,38,42)(H,39,40)/t23-,24-,25-/m0/s1. The summed E-state index contributed by atoms with van der Waals surface area (Å²) in [5, 5.41) is 17.7. The molecule has 8 N–H and O–H groups in total. The molecule has 0 radical (unpaired) electrons. The number of aryl methyl sites for hydroxylation is 2. The van der Waals surface area contributed by atoms with Crippen LogP contribution in [0.2, 0.25) is 5.02 Å². The number of carbonyl (C=O) groups excluding carboxylic acids is 3. The summed E-state index contributed by atoms with van der Waals surface area (Å²) in [6, 6.07) is 5.23. The van der Waals surface area contributed by atoms with Crippen LogP contribution >= 0.6 is 23.4 Å². The van der Waals surface area contributed by atoms with Gasteiger partial charge >= 0.3 is 0 Å². The quantitative estimate of drug-likeness (QED) is 0.232. The highest BCUT2D eigenvalue weighted by atomic mass is 35.5. The van der Waals surface area contributed by atoms with E-state index >= 15 is 0 Å². The van der Waals surface area contributed by atoms with Crippen LogP contribution in [0.3, 0.4) is 0 Å². The number of hydrogen-bond acceptors (Lipinski definition) is 9. The first kappa shape index (κ1) is 34.4. The molecule has 0 aliphatic carbocycles. The van der Waals surface area contributed by atoms with E-state index in [1.165, 1.54) is 16.7 Å². The lowest BCUT2D eigenvalue weighted by molar-refractivity contribution is -0.142. The summed E-state index contributed by atoms with van der Waals surface area (Å²) in [6.45, 7) is 6.45. The fourth-order valence-corrected chi connectivity index (χ4v) is 6.82. The Labute approximate surface area is 272 Å². The molecule has 3 atom stereocenters. The van der Waals surface area contributed by atoms with Gasteiger partial charge in [-0.05, 0) is 74.5 Å². The number of pyridine rings is 1. The van der Waals surface area contributed by atoms with Gasteiger partial charge in [-0.1, -0.05) is 36.4 Å². The van der Waals surface area contributed by atoms with E-state index in [0.717, 1.165) is 38.5 Å². The maximum Gasteiger partial charge on any atom is 0.246 e. The number of halogens is 1. The molecule has 0 unspecified atom stereocenters. The van der Waals surface area contributed by atoms with Gasteiger partial charge in [-0.15, -0.1) is 0 Å². The molecule has 0 saturated carbocycles. The highest BCUT2D eigenvalue weighted by Crippen LogP contribution is 2.40. The van der Waals surface area contributed by atoms with Gasteiger partial charge in [0.25, 0.3) is 0 Å². The van der Waals surface area contributed by atoms with E-state index in [1.807, 2.05) is 45.0 Å². The van der Waals surface area contributed by atoms with E-state index in [9.17, 15) is 14.4 Å². The third-order valence-electron chi connectivity index (χ3n) is 7.95. The Bertz CT molecular complexity index is 1510. The molecule has 3 heterocycles. The van der Waals surface area contributed by atoms with Crippen molar-refractivity contribution < 1.29 is 14.4 Å². The number of hydrogen-bond donors (Lipinski definition) is 6. The van der Waals surface area contributed by atoms with Gasteiger partial charge < -0.3 is 32.3 Å². The zero-order chi connectivity index (χ0) is 32.7. The van der Waals surface area contributed by atoms with Crippen LogP contribution in [-0.2, 0) is 27.5 Å². The first-order valence-corrected chi connectivity index (χ1v) is 16.2. The second kappa shape index (κ2) is 15.7. The Morgan fingerprint density at radius 1 is 1.09 bits per heavy atom. The topological polar surface area (TPSA) is 184 Å². The summed E-state index contributed by atoms with van der Waals surface area (Å²) >= 11 is 8.38. The molecule has 0 bridgehead atoms. The molecule has 3 aromatic rings. The van der Waals surface area contributed by atoms with Crippen LogP contribution < -0.4 is 27.4 Å². The number of aromatic nitrogens is 3. The molecule has 2 aromatic heterocycles. The van der Waals surface area contributed by atoms with Crippen LogP contribution in [0.1, 0.15) is 48.7 Å². The predicted octanol–water partition coefficient (Wildman–Crippen LogP) is 2.40. The van der Waals surface area contributed by atoms with Crippen LogP contribution in [0, 0.1) is 13.8 Å². The van der Waals surface area contributed by atoms with Gasteiger partial charge in [-0.3, -0.25) is 19.5 Å². The minimum Gasteiger partial charge on any atom is -0.350 e. The molecular formula is C31H42ClN9O3S. The minimum atomic E-state index is -1.00. The molecule has 14 heteroatoms. The number of nitrogens with zero attached hydrogens (tertiary/aromatic N) is 3. The number of likely N-dealkylation sites (N-methyl/N-ethyl adjacent to an activating group) is 1. The summed E-state index contributed by atoms with van der Waals surface area (Å²) in [6.07, 6.45) is 3.11. The maximum atomic E-state index is 13.6. The number of nitrogens with two attached hydrogens (primary N) is 2. The number of nitrogens with one attached hydrogen (secondary N) is 4. The zero-order valence-electron chi connectivity index (χ0n) is 26.1. The molecule has 3 amide bonds. The number of aromatic amines is 1. The van der Waals surface area contributed by atoms with Crippen molar-refractivity contribution in [2.45, 2.75) is 81.2 Å². The average Bonchev–Trinajstić information content (AvgIpc) is 3.37. The Balaban J connectivity index is 1.81. The van der Waals surface area contributed by atoms with E-state index in [2.05, 4.69) is 31.1 Å². The molecule has 242 valence electrons. The van der Waals surface area contributed by atoms with E-state index in [1.54, 1.807) is 13.2 Å². The SMILES string of the molecule is CC[C@H]1C(=O)NCc2cc(-c3c(C)n[nH]c3C)cc(Cl)c2Sc2ncccc2CN[C@@H](CCCN)C(=O)N[C@@H](CN)C(=O)N1C. The molecule has 0 fully saturated rings. The highest BCUT2D eigenvalue weighted by Gasteiger charge is 2.32. The Kier molecular flexibility index (Phi) is 12.0. The summed E-state index contributed by atoms with van der Waals surface area (Å²) in [4.78, 5) is 47.3. The Morgan fingerprint density at radius 2 is 1.87 bits per heavy atom. The van der Waals surface area contributed by atoms with Crippen LogP contribution in [0.25, 0.3) is 11.1 Å².